The van der Waals surface area contributed by atoms with Crippen molar-refractivity contribution in [3.63, 3.8) is 0 Å². The molecule has 0 saturated carbocycles. The van der Waals surface area contributed by atoms with Crippen LogP contribution in [-0.2, 0) is 39.4 Å². The normalized spacial score (nSPS) is 18.8. The molecule has 0 aliphatic carbocycles. The number of aryl methyl sites for hydroxylation is 1. The van der Waals surface area contributed by atoms with E-state index in [0.29, 0.717) is 17.0 Å². The number of fused-ring (bicyclic) bond motifs is 1. The Hall–Kier alpha value is -4.28. The number of pyridine rings is 1. The number of aliphatic hydroxyl groups is 1. The van der Waals surface area contributed by atoms with Crippen molar-refractivity contribution in [2.75, 3.05) is 18.6 Å². The van der Waals surface area contributed by atoms with Gasteiger partial charge in [-0.3, -0.25) is 19.2 Å². The number of hydrogen-bond acceptors (Lipinski definition) is 12. The van der Waals surface area contributed by atoms with Crippen LogP contribution < -0.4 is 20.7 Å². The molecule has 0 bridgehead atoms. The SMILES string of the molecule is CO/N=C(/C(=O)N[C@@H]1C(=O)N2C(C(=O)[O-])=C(C[n+]3cccc(-c4cc(CO)nn4C)c3)CS[C@H]12)c1csc(N)n1. The fraction of sp³-hybridized carbons (Fsp3) is 0.292. The molecule has 0 radical (unpaired) electrons. The fourth-order valence-electron chi connectivity index (χ4n) is 4.56. The highest BCUT2D eigenvalue weighted by atomic mass is 32.2. The average Bonchev–Trinajstić information content (AvgIpc) is 3.54. The second-order valence-electron chi connectivity index (χ2n) is 8.86. The number of β-lactam (4-membered cyclic amide) rings is 1. The summed E-state index contributed by atoms with van der Waals surface area (Å²) in [4.78, 5) is 48.2. The summed E-state index contributed by atoms with van der Waals surface area (Å²) >= 11 is 2.45. The van der Waals surface area contributed by atoms with Gasteiger partial charge < -0.3 is 30.9 Å². The Balaban J connectivity index is 1.35. The highest BCUT2D eigenvalue weighted by molar-refractivity contribution is 8.00. The average molecular weight is 585 g/mol. The second kappa shape index (κ2) is 11.1. The monoisotopic (exact) mass is 584 g/mol. The number of thioether (sulfide) groups is 1. The first-order chi connectivity index (χ1) is 19.2. The number of carboxylic acids is 1. The van der Waals surface area contributed by atoms with Gasteiger partial charge in [-0.1, -0.05) is 5.16 Å². The molecule has 1 fully saturated rings. The van der Waals surface area contributed by atoms with Crippen LogP contribution in [0.3, 0.4) is 0 Å². The van der Waals surface area contributed by atoms with E-state index >= 15 is 0 Å². The number of carbonyl (C=O) groups is 3. The Labute approximate surface area is 235 Å². The zero-order valence-electron chi connectivity index (χ0n) is 21.3. The Morgan fingerprint density at radius 1 is 1.43 bits per heavy atom. The lowest BCUT2D eigenvalue weighted by molar-refractivity contribution is -0.688. The van der Waals surface area contributed by atoms with E-state index in [1.54, 1.807) is 28.6 Å². The third-order valence-corrected chi connectivity index (χ3v) is 8.32. The van der Waals surface area contributed by atoms with E-state index in [2.05, 4.69) is 20.6 Å². The van der Waals surface area contributed by atoms with Crippen molar-refractivity contribution in [3.8, 4) is 11.3 Å². The number of carboxylic acid groups (broad SMARTS) is 1. The number of anilines is 1. The Kier molecular flexibility index (Phi) is 7.55. The van der Waals surface area contributed by atoms with Gasteiger partial charge in [0.05, 0.1) is 35.2 Å². The lowest BCUT2D eigenvalue weighted by Crippen LogP contribution is -2.71. The van der Waals surface area contributed by atoms with Crippen molar-refractivity contribution in [3.05, 3.63) is 58.6 Å². The van der Waals surface area contributed by atoms with Crippen molar-refractivity contribution in [1.82, 2.24) is 25.0 Å². The summed E-state index contributed by atoms with van der Waals surface area (Å²) in [5.41, 5.74) is 8.09. The van der Waals surface area contributed by atoms with Crippen LogP contribution in [0.1, 0.15) is 11.4 Å². The van der Waals surface area contributed by atoms with Gasteiger partial charge in [0.25, 0.3) is 11.8 Å². The summed E-state index contributed by atoms with van der Waals surface area (Å²) in [5.74, 6) is -2.47. The second-order valence-corrected chi connectivity index (χ2v) is 10.9. The van der Waals surface area contributed by atoms with E-state index in [-0.39, 0.29) is 35.4 Å². The van der Waals surface area contributed by atoms with E-state index in [0.717, 1.165) is 27.5 Å². The molecule has 5 heterocycles. The molecule has 0 unspecified atom stereocenters. The number of hydrogen-bond donors (Lipinski definition) is 3. The summed E-state index contributed by atoms with van der Waals surface area (Å²) in [6.45, 7) is 0.00447. The van der Waals surface area contributed by atoms with Gasteiger partial charge in [0.2, 0.25) is 0 Å². The minimum Gasteiger partial charge on any atom is -0.543 e. The third-order valence-electron chi connectivity index (χ3n) is 6.31. The number of nitrogens with zero attached hydrogens (tertiary/aromatic N) is 6. The van der Waals surface area contributed by atoms with Gasteiger partial charge in [-0.15, -0.1) is 23.1 Å². The Morgan fingerprint density at radius 3 is 2.88 bits per heavy atom. The first kappa shape index (κ1) is 27.3. The quantitative estimate of drug-likeness (QED) is 0.114. The summed E-state index contributed by atoms with van der Waals surface area (Å²) in [6.07, 6.45) is 3.62. The smallest absolute Gasteiger partial charge is 0.276 e. The molecule has 14 nitrogen and oxygen atoms in total. The van der Waals surface area contributed by atoms with E-state index in [9.17, 15) is 24.6 Å². The van der Waals surface area contributed by atoms with Crippen LogP contribution in [0.2, 0.25) is 0 Å². The van der Waals surface area contributed by atoms with E-state index < -0.39 is 29.2 Å². The molecule has 1 saturated heterocycles. The molecular weight excluding hydrogens is 560 g/mol. The number of aliphatic carboxylic acids is 1. The molecule has 3 aromatic rings. The van der Waals surface area contributed by atoms with Crippen LogP contribution >= 0.6 is 23.1 Å². The molecule has 2 aliphatic heterocycles. The number of amides is 2. The number of aliphatic hydroxyl groups excluding tert-OH is 1. The standard InChI is InChI=1S/C24H24N8O6S2/c1-30-16(6-14(9-33)28-30)12-4-3-5-31(7-12)8-13-10-39-22-18(21(35)32(22)19(13)23(36)37)27-20(34)17(29-38-2)15-11-40-24(25)26-15/h3-7,11,18,22,33H,8-10H2,1-2H3,(H3-,25,26,27,34,36,37)/b29-17+/t18-,22-/m1/s1. The van der Waals surface area contributed by atoms with Crippen molar-refractivity contribution in [2.45, 2.75) is 24.6 Å². The predicted molar refractivity (Wildman–Crippen MR) is 142 cm³/mol. The molecule has 16 heteroatoms. The number of oxime groups is 1. The lowest BCUT2D eigenvalue weighted by Gasteiger charge is -2.50. The zero-order valence-corrected chi connectivity index (χ0v) is 22.9. The number of aromatic nitrogens is 4. The maximum atomic E-state index is 13.1. The first-order valence-corrected chi connectivity index (χ1v) is 13.8. The zero-order chi connectivity index (χ0) is 28.6. The number of nitrogens with one attached hydrogen (secondary N) is 1. The molecule has 40 heavy (non-hydrogen) atoms. The molecule has 2 amide bonds. The number of thiazole rings is 1. The largest absolute Gasteiger partial charge is 0.543 e. The Bertz CT molecular complexity index is 1560. The number of nitrogen functional groups attached to an aromatic ring is 1. The van der Waals surface area contributed by atoms with Gasteiger partial charge in [0.1, 0.15) is 24.2 Å². The molecule has 2 aliphatic rings. The minimum absolute atomic E-state index is 0.158. The first-order valence-electron chi connectivity index (χ1n) is 11.9. The van der Waals surface area contributed by atoms with Gasteiger partial charge in [-0.25, -0.2) is 9.55 Å². The number of nitrogens with two attached hydrogens (primary N) is 1. The number of rotatable bonds is 9. The van der Waals surface area contributed by atoms with Crippen molar-refractivity contribution in [1.29, 1.82) is 0 Å². The van der Waals surface area contributed by atoms with Crippen molar-refractivity contribution in [2.24, 2.45) is 12.2 Å². The summed E-state index contributed by atoms with van der Waals surface area (Å²) < 4.78 is 3.45. The van der Waals surface area contributed by atoms with Crippen molar-refractivity contribution >= 4 is 51.7 Å². The topological polar surface area (TPSA) is 192 Å². The van der Waals surface area contributed by atoms with Gasteiger partial charge in [0, 0.05) is 29.8 Å². The van der Waals surface area contributed by atoms with Crippen LogP contribution in [0, 0.1) is 0 Å². The van der Waals surface area contributed by atoms with E-state index in [4.69, 9.17) is 10.6 Å². The van der Waals surface area contributed by atoms with Gasteiger partial charge >= 0.3 is 0 Å². The number of carbonyl (C=O) groups excluding carboxylic acids is 3. The van der Waals surface area contributed by atoms with Crippen LogP contribution in [0.25, 0.3) is 11.3 Å². The van der Waals surface area contributed by atoms with E-state index in [1.807, 2.05) is 18.3 Å². The maximum absolute atomic E-state index is 13.1. The minimum atomic E-state index is -1.48. The fourth-order valence-corrected chi connectivity index (χ4v) is 6.44. The predicted octanol–water partition coefficient (Wildman–Crippen LogP) is -1.64. The molecule has 0 spiro atoms. The van der Waals surface area contributed by atoms with Gasteiger partial charge in [0.15, 0.2) is 29.8 Å². The molecule has 5 rings (SSSR count). The Morgan fingerprint density at radius 2 is 2.23 bits per heavy atom. The molecule has 2 atom stereocenters. The van der Waals surface area contributed by atoms with Gasteiger partial charge in [-0.2, -0.15) is 5.10 Å². The highest BCUT2D eigenvalue weighted by Gasteiger charge is 2.53. The van der Waals surface area contributed by atoms with Crippen LogP contribution in [0.5, 0.6) is 0 Å². The summed E-state index contributed by atoms with van der Waals surface area (Å²) in [5, 5.41) is 33.3. The summed E-state index contributed by atoms with van der Waals surface area (Å²) in [7, 11) is 3.03. The van der Waals surface area contributed by atoms with Crippen molar-refractivity contribution < 1.29 is 34.0 Å². The third kappa shape index (κ3) is 5.03. The summed E-state index contributed by atoms with van der Waals surface area (Å²) in [6, 6.07) is 4.48. The van der Waals surface area contributed by atoms with E-state index in [1.165, 1.54) is 24.3 Å². The maximum Gasteiger partial charge on any atom is 0.276 e. The van der Waals surface area contributed by atoms with Gasteiger partial charge in [-0.05, 0) is 12.1 Å². The highest BCUT2D eigenvalue weighted by Crippen LogP contribution is 2.40. The molecular formula is C24H24N8O6S2. The molecule has 3 aromatic heterocycles. The lowest BCUT2D eigenvalue weighted by atomic mass is 10.0. The molecule has 4 N–H and O–H groups in total. The molecule has 0 aromatic carbocycles. The van der Waals surface area contributed by atoms with Crippen LogP contribution in [-0.4, -0.2) is 72.5 Å². The van der Waals surface area contributed by atoms with Crippen LogP contribution in [0.15, 0.2) is 52.4 Å². The van der Waals surface area contributed by atoms with Crippen LogP contribution in [0.4, 0.5) is 5.13 Å². The molecule has 208 valence electrons.